The second-order valence-corrected chi connectivity index (χ2v) is 7.97. The lowest BCUT2D eigenvalue weighted by molar-refractivity contribution is 0.0458. The van der Waals surface area contributed by atoms with Gasteiger partial charge >= 0.3 is 6.09 Å². The van der Waals surface area contributed by atoms with Crippen LogP contribution >= 0.6 is 0 Å². The van der Waals surface area contributed by atoms with Crippen molar-refractivity contribution in [2.24, 2.45) is 0 Å². The first-order valence-electron chi connectivity index (χ1n) is 7.01. The van der Waals surface area contributed by atoms with E-state index in [0.717, 1.165) is 17.4 Å². The van der Waals surface area contributed by atoms with Gasteiger partial charge in [-0.05, 0) is 31.9 Å². The van der Waals surface area contributed by atoms with Crippen LogP contribution in [0.2, 0.25) is 0 Å². The first-order chi connectivity index (χ1) is 10.1. The molecule has 1 aliphatic carbocycles. The smallest absolute Gasteiger partial charge is 0.408 e. The van der Waals surface area contributed by atoms with Crippen LogP contribution in [0.5, 0.6) is 0 Å². The van der Waals surface area contributed by atoms with Crippen molar-refractivity contribution in [3.63, 3.8) is 0 Å². The van der Waals surface area contributed by atoms with Crippen molar-refractivity contribution in [2.75, 3.05) is 6.26 Å². The molecule has 122 valence electrons. The molecule has 2 rings (SSSR count). The lowest BCUT2D eigenvalue weighted by Gasteiger charge is -2.24. The van der Waals surface area contributed by atoms with Gasteiger partial charge in [0.1, 0.15) is 11.7 Å². The molecule has 0 aromatic heterocycles. The fourth-order valence-corrected chi connectivity index (χ4v) is 3.11. The maximum Gasteiger partial charge on any atom is 0.408 e. The topological polar surface area (TPSA) is 81.7 Å². The second-order valence-electron chi connectivity index (χ2n) is 6.37. The third-order valence-electron chi connectivity index (χ3n) is 3.15. The molecule has 0 radical (unpaired) electrons. The summed E-state index contributed by atoms with van der Waals surface area (Å²) in [5, 5.41) is 2.71. The molecule has 0 bridgehead atoms. The Morgan fingerprint density at radius 3 is 2.50 bits per heavy atom. The number of rotatable bonds is 3. The van der Waals surface area contributed by atoms with Gasteiger partial charge in [0.15, 0.2) is 0 Å². The fraction of sp³-hybridized carbons (Fsp3) is 0.533. The molecule has 6 nitrogen and oxygen atoms in total. The van der Waals surface area contributed by atoms with Crippen molar-refractivity contribution in [3.8, 4) is 0 Å². The van der Waals surface area contributed by atoms with E-state index in [9.17, 15) is 13.2 Å². The SMILES string of the molecule is CC(C)(C)OC(=O)N[C@@H]1c2ccccc2C[C@@H]1OS(C)(=O)=O. The van der Waals surface area contributed by atoms with Crippen LogP contribution in [0.1, 0.15) is 37.9 Å². The number of hydrogen-bond acceptors (Lipinski definition) is 5. The molecule has 1 aromatic rings. The van der Waals surface area contributed by atoms with Crippen molar-refractivity contribution >= 4 is 16.2 Å². The summed E-state index contributed by atoms with van der Waals surface area (Å²) in [5.74, 6) is 0. The standard InChI is InChI=1S/C15H21NO5S/c1-15(2,3)20-14(17)16-13-11-8-6-5-7-10(11)9-12(13)21-22(4,18)19/h5-8,12-13H,9H2,1-4H3,(H,16,17)/t12-,13+/m0/s1. The van der Waals surface area contributed by atoms with Crippen molar-refractivity contribution in [3.05, 3.63) is 35.4 Å². The molecule has 1 aliphatic rings. The Balaban J connectivity index is 2.21. The van der Waals surface area contributed by atoms with Gasteiger partial charge in [-0.1, -0.05) is 24.3 Å². The van der Waals surface area contributed by atoms with Gasteiger partial charge in [0.2, 0.25) is 0 Å². The Labute approximate surface area is 130 Å². The summed E-state index contributed by atoms with van der Waals surface area (Å²) in [5.41, 5.74) is 1.18. The summed E-state index contributed by atoms with van der Waals surface area (Å²) < 4.78 is 33.2. The van der Waals surface area contributed by atoms with Crippen molar-refractivity contribution in [2.45, 2.75) is 44.9 Å². The number of carbonyl (C=O) groups is 1. The Morgan fingerprint density at radius 1 is 1.27 bits per heavy atom. The van der Waals surface area contributed by atoms with Gasteiger partial charge in [-0.25, -0.2) is 4.79 Å². The summed E-state index contributed by atoms with van der Waals surface area (Å²) in [7, 11) is -3.62. The zero-order valence-corrected chi connectivity index (χ0v) is 13.9. The van der Waals surface area contributed by atoms with E-state index in [4.69, 9.17) is 8.92 Å². The first kappa shape index (κ1) is 16.8. The molecule has 2 atom stereocenters. The molecule has 0 unspecified atom stereocenters. The zero-order valence-electron chi connectivity index (χ0n) is 13.1. The molecule has 1 N–H and O–H groups in total. The van der Waals surface area contributed by atoms with Crippen LogP contribution in [0, 0.1) is 0 Å². The minimum absolute atomic E-state index is 0.420. The van der Waals surface area contributed by atoms with Crippen LogP contribution in [0.3, 0.4) is 0 Å². The van der Waals surface area contributed by atoms with E-state index in [-0.39, 0.29) is 0 Å². The van der Waals surface area contributed by atoms with Gasteiger partial charge < -0.3 is 10.1 Å². The summed E-state index contributed by atoms with van der Waals surface area (Å²) >= 11 is 0. The zero-order chi connectivity index (χ0) is 16.5. The first-order valence-corrected chi connectivity index (χ1v) is 8.82. The van der Waals surface area contributed by atoms with Gasteiger partial charge in [0.05, 0.1) is 12.3 Å². The molecule has 0 heterocycles. The van der Waals surface area contributed by atoms with Gasteiger partial charge in [-0.2, -0.15) is 8.42 Å². The molecular formula is C15H21NO5S. The highest BCUT2D eigenvalue weighted by Crippen LogP contribution is 2.34. The summed E-state index contributed by atoms with van der Waals surface area (Å²) in [6, 6.07) is 6.89. The number of fused-ring (bicyclic) bond motifs is 1. The molecular weight excluding hydrogens is 306 g/mol. The minimum Gasteiger partial charge on any atom is -0.444 e. The number of nitrogens with one attached hydrogen (secondary N) is 1. The number of amides is 1. The normalized spacial score (nSPS) is 21.3. The molecule has 0 saturated carbocycles. The lowest BCUT2D eigenvalue weighted by Crippen LogP contribution is -2.39. The molecule has 1 aromatic carbocycles. The monoisotopic (exact) mass is 327 g/mol. The van der Waals surface area contributed by atoms with Crippen LogP contribution in [0.15, 0.2) is 24.3 Å². The van der Waals surface area contributed by atoms with Gasteiger partial charge in [-0.15, -0.1) is 0 Å². The van der Waals surface area contributed by atoms with Crippen molar-refractivity contribution in [1.82, 2.24) is 5.32 Å². The van der Waals surface area contributed by atoms with Crippen molar-refractivity contribution in [1.29, 1.82) is 0 Å². The second kappa shape index (κ2) is 5.89. The van der Waals surface area contributed by atoms with E-state index in [0.29, 0.717) is 6.42 Å². The van der Waals surface area contributed by atoms with Gasteiger partial charge in [-0.3, -0.25) is 4.18 Å². The third kappa shape index (κ3) is 4.45. The Morgan fingerprint density at radius 2 is 1.91 bits per heavy atom. The molecule has 0 saturated heterocycles. The highest BCUT2D eigenvalue weighted by Gasteiger charge is 2.37. The summed E-state index contributed by atoms with van der Waals surface area (Å²) in [6.45, 7) is 5.29. The minimum atomic E-state index is -3.62. The van der Waals surface area contributed by atoms with Crippen LogP contribution in [0.4, 0.5) is 4.79 Å². The van der Waals surface area contributed by atoms with Crippen LogP contribution < -0.4 is 5.32 Å². The molecule has 0 aliphatic heterocycles. The average molecular weight is 327 g/mol. The number of hydrogen-bond donors (Lipinski definition) is 1. The average Bonchev–Trinajstić information content (AvgIpc) is 2.63. The number of carbonyl (C=O) groups excluding carboxylic acids is 1. The molecule has 22 heavy (non-hydrogen) atoms. The number of ether oxygens (including phenoxy) is 1. The van der Waals surface area contributed by atoms with Gasteiger partial charge in [0.25, 0.3) is 10.1 Å². The Hall–Kier alpha value is -1.60. The molecule has 0 spiro atoms. The van der Waals surface area contributed by atoms with Crippen LogP contribution in [0.25, 0.3) is 0 Å². The van der Waals surface area contributed by atoms with E-state index >= 15 is 0 Å². The highest BCUT2D eigenvalue weighted by atomic mass is 32.2. The fourth-order valence-electron chi connectivity index (χ4n) is 2.48. The molecule has 0 fully saturated rings. The van der Waals surface area contributed by atoms with E-state index in [1.54, 1.807) is 20.8 Å². The van der Waals surface area contributed by atoms with E-state index < -0.39 is 34.0 Å². The van der Waals surface area contributed by atoms with Crippen LogP contribution in [-0.2, 0) is 25.5 Å². The largest absolute Gasteiger partial charge is 0.444 e. The molecule has 1 amide bonds. The Bertz CT molecular complexity index is 663. The van der Waals surface area contributed by atoms with E-state index in [1.165, 1.54) is 0 Å². The Kier molecular flexibility index (Phi) is 4.49. The van der Waals surface area contributed by atoms with Gasteiger partial charge in [0, 0.05) is 6.42 Å². The predicted molar refractivity (Wildman–Crippen MR) is 82.0 cm³/mol. The number of benzene rings is 1. The summed E-state index contributed by atoms with van der Waals surface area (Å²) in [6.07, 6.45) is 0.153. The maximum absolute atomic E-state index is 12.0. The lowest BCUT2D eigenvalue weighted by atomic mass is 10.1. The van der Waals surface area contributed by atoms with Crippen molar-refractivity contribution < 1.29 is 22.1 Å². The van der Waals surface area contributed by atoms with Crippen LogP contribution in [-0.4, -0.2) is 32.5 Å². The maximum atomic E-state index is 12.0. The number of alkyl carbamates (subject to hydrolysis) is 1. The predicted octanol–water partition coefficient (Wildman–Crippen LogP) is 2.15. The molecule has 7 heteroatoms. The quantitative estimate of drug-likeness (QED) is 0.860. The van der Waals surface area contributed by atoms with E-state index in [2.05, 4.69) is 5.32 Å². The van der Waals surface area contributed by atoms with E-state index in [1.807, 2.05) is 24.3 Å². The highest BCUT2D eigenvalue weighted by molar-refractivity contribution is 7.86. The summed E-state index contributed by atoms with van der Waals surface area (Å²) in [4.78, 5) is 12.0. The third-order valence-corrected chi connectivity index (χ3v) is 3.75.